The predicted octanol–water partition coefficient (Wildman–Crippen LogP) is 0.894. The molecule has 12 heavy (non-hydrogen) atoms. The fourth-order valence-electron chi connectivity index (χ4n) is 1.58. The van der Waals surface area contributed by atoms with Crippen LogP contribution in [0, 0.1) is 0 Å². The van der Waals surface area contributed by atoms with Crippen LogP contribution in [0.15, 0.2) is 0 Å². The van der Waals surface area contributed by atoms with Crippen LogP contribution in [-0.4, -0.2) is 28.7 Å². The minimum atomic E-state index is -0.835. The topological polar surface area (TPSA) is 46.5 Å². The van der Waals surface area contributed by atoms with Crippen LogP contribution in [0.5, 0.6) is 0 Å². The third-order valence-electron chi connectivity index (χ3n) is 2.52. The molecule has 70 valence electrons. The van der Waals surface area contributed by atoms with Crippen molar-refractivity contribution < 1.29 is 14.6 Å². The minimum Gasteiger partial charge on any atom is -0.385 e. The van der Waals surface area contributed by atoms with Crippen molar-refractivity contribution in [3.8, 4) is 0 Å². The molecule has 0 aromatic rings. The first-order valence-electron chi connectivity index (χ1n) is 4.40. The maximum Gasteiger partial charge on any atom is 0.192 e. The summed E-state index contributed by atoms with van der Waals surface area (Å²) in [6, 6.07) is 0. The summed E-state index contributed by atoms with van der Waals surface area (Å²) in [7, 11) is 0. The number of rotatable bonds is 1. The molecule has 1 N–H and O–H groups in total. The van der Waals surface area contributed by atoms with E-state index in [0.29, 0.717) is 12.8 Å². The van der Waals surface area contributed by atoms with Gasteiger partial charge in [0.25, 0.3) is 0 Å². The Morgan fingerprint density at radius 2 is 2.33 bits per heavy atom. The monoisotopic (exact) mass is 172 g/mol. The van der Waals surface area contributed by atoms with E-state index in [2.05, 4.69) is 0 Å². The van der Waals surface area contributed by atoms with E-state index in [-0.39, 0.29) is 11.9 Å². The second-order valence-corrected chi connectivity index (χ2v) is 3.63. The smallest absolute Gasteiger partial charge is 0.192 e. The molecule has 0 aliphatic carbocycles. The highest BCUT2D eigenvalue weighted by atomic mass is 16.5. The molecule has 1 aliphatic heterocycles. The molecule has 0 spiro atoms. The van der Waals surface area contributed by atoms with Gasteiger partial charge in [0.15, 0.2) is 5.78 Å². The van der Waals surface area contributed by atoms with E-state index < -0.39 is 11.7 Å². The molecule has 1 aliphatic rings. The van der Waals surface area contributed by atoms with Crippen LogP contribution in [0.2, 0.25) is 0 Å². The van der Waals surface area contributed by atoms with E-state index in [1.807, 2.05) is 13.8 Å². The zero-order chi connectivity index (χ0) is 9.35. The van der Waals surface area contributed by atoms with Gasteiger partial charge in [-0.15, -0.1) is 0 Å². The van der Waals surface area contributed by atoms with Crippen molar-refractivity contribution in [2.24, 2.45) is 0 Å². The molecule has 3 atom stereocenters. The maximum absolute atomic E-state index is 11.4. The number of carbonyl (C=O) groups is 1. The first-order chi connectivity index (χ1) is 5.49. The minimum absolute atomic E-state index is 0.0253. The molecule has 1 rings (SSSR count). The number of Topliss-reactive ketones (excluding diaryl/α,β-unsaturated/α-hetero) is 1. The molecule has 0 saturated carbocycles. The van der Waals surface area contributed by atoms with E-state index in [0.717, 1.165) is 0 Å². The molecule has 0 radical (unpaired) electrons. The number of aliphatic hydroxyl groups is 1. The lowest BCUT2D eigenvalue weighted by atomic mass is 9.88. The Bertz CT molecular complexity index is 190. The molecule has 1 fully saturated rings. The Balaban J connectivity index is 2.79. The van der Waals surface area contributed by atoms with Crippen LogP contribution in [0.3, 0.4) is 0 Å². The Morgan fingerprint density at radius 1 is 1.75 bits per heavy atom. The number of hydrogen-bond acceptors (Lipinski definition) is 3. The van der Waals surface area contributed by atoms with E-state index in [9.17, 15) is 9.90 Å². The molecule has 0 aromatic heterocycles. The Kier molecular flexibility index (Phi) is 2.54. The van der Waals surface area contributed by atoms with Crippen LogP contribution < -0.4 is 0 Å². The molecule has 1 heterocycles. The molecule has 0 amide bonds. The van der Waals surface area contributed by atoms with Crippen molar-refractivity contribution in [3.63, 3.8) is 0 Å². The van der Waals surface area contributed by atoms with Crippen LogP contribution in [0.4, 0.5) is 0 Å². The second kappa shape index (κ2) is 3.15. The van der Waals surface area contributed by atoms with Crippen molar-refractivity contribution in [1.29, 1.82) is 0 Å². The summed E-state index contributed by atoms with van der Waals surface area (Å²) in [5, 5.41) is 9.39. The fraction of sp³-hybridized carbons (Fsp3) is 0.889. The third-order valence-corrected chi connectivity index (χ3v) is 2.52. The zero-order valence-electron chi connectivity index (χ0n) is 7.83. The van der Waals surface area contributed by atoms with E-state index >= 15 is 0 Å². The number of hydrogen-bond donors (Lipinski definition) is 1. The van der Waals surface area contributed by atoms with Gasteiger partial charge in [0.1, 0.15) is 11.7 Å². The fourth-order valence-corrected chi connectivity index (χ4v) is 1.58. The average Bonchev–Trinajstić information content (AvgIpc) is 2.00. The summed E-state index contributed by atoms with van der Waals surface area (Å²) in [6.45, 7) is 5.51. The SMILES string of the molecule is CCC1(C)OC(C)CC(O)C1=O. The van der Waals surface area contributed by atoms with E-state index in [4.69, 9.17) is 4.74 Å². The number of ketones is 1. The summed E-state index contributed by atoms with van der Waals surface area (Å²) in [5.41, 5.74) is -0.767. The van der Waals surface area contributed by atoms with Crippen LogP contribution >= 0.6 is 0 Å². The molecule has 3 heteroatoms. The lowest BCUT2D eigenvalue weighted by Crippen LogP contribution is -2.52. The molecule has 0 aromatic carbocycles. The van der Waals surface area contributed by atoms with Gasteiger partial charge in [-0.2, -0.15) is 0 Å². The Hall–Kier alpha value is -0.410. The normalized spacial score (nSPS) is 43.2. The van der Waals surface area contributed by atoms with Crippen molar-refractivity contribution in [2.75, 3.05) is 0 Å². The van der Waals surface area contributed by atoms with Gasteiger partial charge in [-0.3, -0.25) is 4.79 Å². The first kappa shape index (κ1) is 9.68. The van der Waals surface area contributed by atoms with Crippen LogP contribution in [0.1, 0.15) is 33.6 Å². The molecule has 3 unspecified atom stereocenters. The third kappa shape index (κ3) is 1.52. The van der Waals surface area contributed by atoms with Crippen molar-refractivity contribution in [1.82, 2.24) is 0 Å². The van der Waals surface area contributed by atoms with Gasteiger partial charge in [-0.1, -0.05) is 6.92 Å². The highest BCUT2D eigenvalue weighted by Gasteiger charge is 2.42. The number of ether oxygens (including phenoxy) is 1. The summed E-state index contributed by atoms with van der Waals surface area (Å²) in [6.07, 6.45) is 0.183. The summed E-state index contributed by atoms with van der Waals surface area (Å²) >= 11 is 0. The second-order valence-electron chi connectivity index (χ2n) is 3.63. The first-order valence-corrected chi connectivity index (χ1v) is 4.40. The van der Waals surface area contributed by atoms with Gasteiger partial charge in [0, 0.05) is 6.42 Å². The Labute approximate surface area is 72.7 Å². The lowest BCUT2D eigenvalue weighted by molar-refractivity contribution is -0.175. The van der Waals surface area contributed by atoms with Gasteiger partial charge in [0.05, 0.1) is 6.10 Å². The van der Waals surface area contributed by atoms with Crippen molar-refractivity contribution in [3.05, 3.63) is 0 Å². The number of aliphatic hydroxyl groups excluding tert-OH is 1. The van der Waals surface area contributed by atoms with Gasteiger partial charge >= 0.3 is 0 Å². The van der Waals surface area contributed by atoms with E-state index in [1.54, 1.807) is 6.92 Å². The quantitative estimate of drug-likeness (QED) is 0.639. The summed E-state index contributed by atoms with van der Waals surface area (Å²) in [4.78, 5) is 11.4. The largest absolute Gasteiger partial charge is 0.385 e. The molecular weight excluding hydrogens is 156 g/mol. The van der Waals surface area contributed by atoms with Crippen LogP contribution in [-0.2, 0) is 9.53 Å². The standard InChI is InChI=1S/C9H16O3/c1-4-9(3)8(11)7(10)5-6(2)12-9/h6-7,10H,4-5H2,1-3H3. The lowest BCUT2D eigenvalue weighted by Gasteiger charge is -2.37. The highest BCUT2D eigenvalue weighted by molar-refractivity contribution is 5.91. The van der Waals surface area contributed by atoms with Gasteiger partial charge < -0.3 is 9.84 Å². The van der Waals surface area contributed by atoms with Gasteiger partial charge in [-0.05, 0) is 20.3 Å². The summed E-state index contributed by atoms with van der Waals surface area (Å²) in [5.74, 6) is -0.178. The zero-order valence-corrected chi connectivity index (χ0v) is 7.83. The molecule has 3 nitrogen and oxygen atoms in total. The van der Waals surface area contributed by atoms with Crippen molar-refractivity contribution in [2.45, 2.75) is 51.4 Å². The van der Waals surface area contributed by atoms with Gasteiger partial charge in [0.2, 0.25) is 0 Å². The predicted molar refractivity (Wildman–Crippen MR) is 44.9 cm³/mol. The number of carbonyl (C=O) groups excluding carboxylic acids is 1. The van der Waals surface area contributed by atoms with Crippen LogP contribution in [0.25, 0.3) is 0 Å². The van der Waals surface area contributed by atoms with Crippen molar-refractivity contribution >= 4 is 5.78 Å². The molecule has 0 bridgehead atoms. The van der Waals surface area contributed by atoms with E-state index in [1.165, 1.54) is 0 Å². The highest BCUT2D eigenvalue weighted by Crippen LogP contribution is 2.28. The maximum atomic E-state index is 11.4. The molecular formula is C9H16O3. The summed E-state index contributed by atoms with van der Waals surface area (Å²) < 4.78 is 5.50. The molecule has 1 saturated heterocycles. The average molecular weight is 172 g/mol. The Morgan fingerprint density at radius 3 is 2.83 bits per heavy atom. The van der Waals surface area contributed by atoms with Gasteiger partial charge in [-0.25, -0.2) is 0 Å².